The standard InChI is InChI=1S/C16H30NO3P2/c1-13(12-18)19-16-9-7-6-8-14(16)10-15(11-17-21-2)20-22(3,4)5/h6-9,13,15,17-18,21H,10-12H2,1-5H3/q+1/t13-,15?/m1/s1. The molecule has 0 radical (unpaired) electrons. The zero-order chi connectivity index (χ0) is 16.6. The van der Waals surface area contributed by atoms with Crippen LogP contribution in [0.15, 0.2) is 24.3 Å². The van der Waals surface area contributed by atoms with Gasteiger partial charge in [-0.3, -0.25) is 5.09 Å². The second kappa shape index (κ2) is 9.80. The average molecular weight is 346 g/mol. The third-order valence-electron chi connectivity index (χ3n) is 2.98. The maximum atomic E-state index is 9.18. The minimum atomic E-state index is -1.32. The molecule has 22 heavy (non-hydrogen) atoms. The van der Waals surface area contributed by atoms with Crippen LogP contribution in [0.25, 0.3) is 0 Å². The Balaban J connectivity index is 2.83. The summed E-state index contributed by atoms with van der Waals surface area (Å²) in [6, 6.07) is 8.01. The van der Waals surface area contributed by atoms with Gasteiger partial charge in [0.25, 0.3) is 0 Å². The van der Waals surface area contributed by atoms with Crippen LogP contribution >= 0.6 is 16.2 Å². The summed E-state index contributed by atoms with van der Waals surface area (Å²) in [5.41, 5.74) is 1.13. The second-order valence-electron chi connectivity index (χ2n) is 6.17. The smallest absolute Gasteiger partial charge is 0.137 e. The molecule has 0 amide bonds. The first kappa shape index (κ1) is 19.8. The van der Waals surface area contributed by atoms with Gasteiger partial charge in [-0.25, -0.2) is 4.52 Å². The van der Waals surface area contributed by atoms with E-state index in [0.717, 1.165) is 24.3 Å². The molecule has 1 rings (SSSR count). The number of para-hydroxylation sites is 1. The maximum Gasteiger partial charge on any atom is 0.137 e. The molecule has 3 atom stereocenters. The molecule has 0 saturated carbocycles. The molecule has 0 aliphatic carbocycles. The summed E-state index contributed by atoms with van der Waals surface area (Å²) in [4.78, 5) is 0. The Kier molecular flexibility index (Phi) is 8.82. The Morgan fingerprint density at radius 3 is 2.55 bits per heavy atom. The number of aliphatic hydroxyl groups excluding tert-OH is 1. The van der Waals surface area contributed by atoms with Crippen molar-refractivity contribution in [1.29, 1.82) is 0 Å². The fourth-order valence-electron chi connectivity index (χ4n) is 2.10. The molecular formula is C16H30NO3P2+. The summed E-state index contributed by atoms with van der Waals surface area (Å²) >= 11 is 0. The first-order valence-corrected chi connectivity index (χ1v) is 12.2. The normalized spacial score (nSPS) is 15.2. The minimum absolute atomic E-state index is 0.0142. The molecule has 2 unspecified atom stereocenters. The van der Waals surface area contributed by atoms with Crippen LogP contribution in [0.4, 0.5) is 0 Å². The van der Waals surface area contributed by atoms with Crippen molar-refractivity contribution in [3.05, 3.63) is 29.8 Å². The minimum Gasteiger partial charge on any atom is -0.488 e. The molecular weight excluding hydrogens is 316 g/mol. The SMILES string of the molecule is CPNCC(Cc1ccccc1O[C@H](C)CO)O[P+](C)(C)C. The predicted octanol–water partition coefficient (Wildman–Crippen LogP) is 3.01. The van der Waals surface area contributed by atoms with Crippen molar-refractivity contribution in [1.82, 2.24) is 5.09 Å². The van der Waals surface area contributed by atoms with Gasteiger partial charge in [-0.1, -0.05) is 26.9 Å². The summed E-state index contributed by atoms with van der Waals surface area (Å²) in [6.45, 7) is 11.4. The molecule has 6 heteroatoms. The van der Waals surface area contributed by atoms with E-state index < -0.39 is 7.49 Å². The zero-order valence-electron chi connectivity index (χ0n) is 14.3. The van der Waals surface area contributed by atoms with E-state index in [9.17, 15) is 5.11 Å². The Labute approximate surface area is 137 Å². The highest BCUT2D eigenvalue weighted by molar-refractivity contribution is 7.69. The quantitative estimate of drug-likeness (QED) is 0.640. The Bertz CT molecular complexity index is 438. The van der Waals surface area contributed by atoms with Crippen molar-refractivity contribution >= 4 is 16.2 Å². The number of rotatable bonds is 10. The monoisotopic (exact) mass is 346 g/mol. The van der Waals surface area contributed by atoms with Gasteiger partial charge < -0.3 is 9.84 Å². The van der Waals surface area contributed by atoms with Gasteiger partial charge in [0.05, 0.1) is 26.6 Å². The number of nitrogens with one attached hydrogen (secondary N) is 1. The van der Waals surface area contributed by atoms with Crippen LogP contribution in [0.2, 0.25) is 0 Å². The van der Waals surface area contributed by atoms with Crippen LogP contribution in [0.3, 0.4) is 0 Å². The summed E-state index contributed by atoms with van der Waals surface area (Å²) in [6.07, 6.45) is 0.740. The molecule has 0 saturated heterocycles. The third-order valence-corrected chi connectivity index (χ3v) is 4.47. The van der Waals surface area contributed by atoms with E-state index >= 15 is 0 Å². The average Bonchev–Trinajstić information content (AvgIpc) is 2.45. The second-order valence-corrected chi connectivity index (χ2v) is 11.0. The molecule has 0 spiro atoms. The van der Waals surface area contributed by atoms with E-state index in [1.54, 1.807) is 0 Å². The van der Waals surface area contributed by atoms with Gasteiger partial charge in [0, 0.05) is 13.0 Å². The van der Waals surface area contributed by atoms with Crippen molar-refractivity contribution in [3.8, 4) is 5.75 Å². The molecule has 0 fully saturated rings. The molecule has 0 aliphatic rings. The molecule has 2 N–H and O–H groups in total. The van der Waals surface area contributed by atoms with Crippen molar-refractivity contribution < 1.29 is 14.4 Å². The van der Waals surface area contributed by atoms with Gasteiger partial charge in [0.2, 0.25) is 0 Å². The predicted molar refractivity (Wildman–Crippen MR) is 99.1 cm³/mol. The van der Waals surface area contributed by atoms with Crippen molar-refractivity contribution in [2.75, 3.05) is 39.8 Å². The van der Waals surface area contributed by atoms with Crippen LogP contribution in [0, 0.1) is 0 Å². The van der Waals surface area contributed by atoms with E-state index in [0.29, 0.717) is 8.73 Å². The Hall–Kier alpha value is -0.240. The molecule has 126 valence electrons. The summed E-state index contributed by atoms with van der Waals surface area (Å²) in [7, 11) is -0.606. The lowest BCUT2D eigenvalue weighted by molar-refractivity contribution is 0.127. The summed E-state index contributed by atoms with van der Waals surface area (Å²) < 4.78 is 12.1. The Morgan fingerprint density at radius 2 is 1.95 bits per heavy atom. The van der Waals surface area contributed by atoms with Crippen LogP contribution in [-0.4, -0.2) is 57.1 Å². The van der Waals surface area contributed by atoms with E-state index in [1.165, 1.54) is 0 Å². The zero-order valence-corrected chi connectivity index (χ0v) is 16.2. The lowest BCUT2D eigenvalue weighted by atomic mass is 10.1. The number of ether oxygens (including phenoxy) is 1. The third kappa shape index (κ3) is 7.85. The topological polar surface area (TPSA) is 50.7 Å². The molecule has 0 bridgehead atoms. The highest BCUT2D eigenvalue weighted by atomic mass is 31.2. The summed E-state index contributed by atoms with van der Waals surface area (Å²) in [5.74, 6) is 0.837. The number of hydrogen-bond acceptors (Lipinski definition) is 4. The first-order chi connectivity index (χ1) is 10.4. The molecule has 0 aromatic heterocycles. The van der Waals surface area contributed by atoms with Gasteiger partial charge in [0.1, 0.15) is 25.4 Å². The largest absolute Gasteiger partial charge is 0.488 e. The van der Waals surface area contributed by atoms with Crippen molar-refractivity contribution in [3.63, 3.8) is 0 Å². The van der Waals surface area contributed by atoms with Gasteiger partial charge in [-0.15, -0.1) is 0 Å². The van der Waals surface area contributed by atoms with Gasteiger partial charge in [0.15, 0.2) is 0 Å². The highest BCUT2D eigenvalue weighted by Gasteiger charge is 2.26. The number of aliphatic hydroxyl groups is 1. The van der Waals surface area contributed by atoms with Crippen LogP contribution in [0.5, 0.6) is 5.75 Å². The number of hydrogen-bond donors (Lipinski definition) is 2. The lowest BCUT2D eigenvalue weighted by Crippen LogP contribution is -2.27. The van der Waals surface area contributed by atoms with Crippen LogP contribution in [-0.2, 0) is 10.9 Å². The van der Waals surface area contributed by atoms with Gasteiger partial charge in [-0.05, 0) is 25.2 Å². The molecule has 1 aromatic carbocycles. The fraction of sp³-hybridized carbons (Fsp3) is 0.625. The number of benzene rings is 1. The van der Waals surface area contributed by atoms with E-state index in [4.69, 9.17) is 9.26 Å². The van der Waals surface area contributed by atoms with Crippen LogP contribution in [0.1, 0.15) is 12.5 Å². The Morgan fingerprint density at radius 1 is 1.27 bits per heavy atom. The molecule has 1 aromatic rings. The molecule has 0 heterocycles. The van der Waals surface area contributed by atoms with E-state index in [-0.39, 0.29) is 18.8 Å². The van der Waals surface area contributed by atoms with Gasteiger partial charge >= 0.3 is 0 Å². The van der Waals surface area contributed by atoms with E-state index in [2.05, 4.69) is 37.8 Å². The van der Waals surface area contributed by atoms with Crippen LogP contribution < -0.4 is 9.82 Å². The highest BCUT2D eigenvalue weighted by Crippen LogP contribution is 2.49. The molecule has 4 nitrogen and oxygen atoms in total. The first-order valence-electron chi connectivity index (χ1n) is 7.60. The molecule has 0 aliphatic heterocycles. The van der Waals surface area contributed by atoms with Crippen molar-refractivity contribution in [2.45, 2.75) is 25.6 Å². The lowest BCUT2D eigenvalue weighted by Gasteiger charge is -2.23. The van der Waals surface area contributed by atoms with Gasteiger partial charge in [-0.2, -0.15) is 0 Å². The van der Waals surface area contributed by atoms with E-state index in [1.807, 2.05) is 25.1 Å². The maximum absolute atomic E-state index is 9.18. The van der Waals surface area contributed by atoms with Crippen molar-refractivity contribution in [2.24, 2.45) is 0 Å². The fourth-order valence-corrected chi connectivity index (χ4v) is 3.57. The summed E-state index contributed by atoms with van der Waals surface area (Å²) in [5, 5.41) is 12.6.